The summed E-state index contributed by atoms with van der Waals surface area (Å²) in [4.78, 5) is 12.6. The van der Waals surface area contributed by atoms with Crippen molar-refractivity contribution in [1.82, 2.24) is 9.88 Å². The van der Waals surface area contributed by atoms with Crippen LogP contribution in [0.15, 0.2) is 29.3 Å². The molecule has 4 rings (SSSR count). The molecule has 2 aromatic rings. The maximum absolute atomic E-state index is 15.3. The van der Waals surface area contributed by atoms with Crippen molar-refractivity contribution in [2.45, 2.75) is 13.5 Å². The summed E-state index contributed by atoms with van der Waals surface area (Å²) in [6.45, 7) is 7.48. The first-order chi connectivity index (χ1) is 16.1. The fourth-order valence-corrected chi connectivity index (χ4v) is 3.86. The fraction of sp³-hybridized carbons (Fsp3) is 0.500. The van der Waals surface area contributed by atoms with Crippen molar-refractivity contribution in [3.8, 4) is 5.75 Å². The van der Waals surface area contributed by atoms with Gasteiger partial charge in [-0.1, -0.05) is 29.8 Å². The normalized spacial score (nSPS) is 17.6. The molecule has 7 nitrogen and oxygen atoms in total. The van der Waals surface area contributed by atoms with Crippen LogP contribution in [-0.2, 0) is 16.0 Å². The summed E-state index contributed by atoms with van der Waals surface area (Å²) in [6.07, 6.45) is 1.67. The molecule has 0 saturated carbocycles. The second-order valence-electron chi connectivity index (χ2n) is 8.13. The monoisotopic (exact) mass is 460 g/mol. The van der Waals surface area contributed by atoms with Crippen molar-refractivity contribution in [3.63, 3.8) is 0 Å². The number of hydrogen-bond donors (Lipinski definition) is 0. The number of benzene rings is 1. The standard InChI is InChI=1S/C24H30F2N4O3/c1-18-3-2-4-19(15-18)16-27-17-20-21(25)23(33-14-7-29-5-10-31-11-6-29)22(26)24(28-20)30-8-12-32-13-9-30/h2-4,15-16H,5-14,17H2,1H3. The van der Waals surface area contributed by atoms with Gasteiger partial charge in [-0.2, -0.15) is 4.39 Å². The van der Waals surface area contributed by atoms with E-state index >= 15 is 8.78 Å². The Morgan fingerprint density at radius 1 is 1.06 bits per heavy atom. The fourth-order valence-electron chi connectivity index (χ4n) is 3.86. The van der Waals surface area contributed by atoms with Crippen LogP contribution in [0, 0.1) is 18.6 Å². The van der Waals surface area contributed by atoms with Crippen molar-refractivity contribution in [2.75, 3.05) is 70.7 Å². The highest BCUT2D eigenvalue weighted by Gasteiger charge is 2.26. The minimum Gasteiger partial charge on any atom is -0.486 e. The van der Waals surface area contributed by atoms with E-state index in [9.17, 15) is 0 Å². The maximum Gasteiger partial charge on any atom is 0.210 e. The van der Waals surface area contributed by atoms with E-state index in [1.54, 1.807) is 11.1 Å². The van der Waals surface area contributed by atoms with Gasteiger partial charge in [0.1, 0.15) is 12.3 Å². The Labute approximate surface area is 193 Å². The molecule has 2 fully saturated rings. The predicted molar refractivity (Wildman–Crippen MR) is 122 cm³/mol. The Morgan fingerprint density at radius 2 is 1.79 bits per heavy atom. The third-order valence-electron chi connectivity index (χ3n) is 5.68. The zero-order valence-electron chi connectivity index (χ0n) is 18.9. The Kier molecular flexibility index (Phi) is 8.20. The van der Waals surface area contributed by atoms with Gasteiger partial charge in [-0.15, -0.1) is 0 Å². The highest BCUT2D eigenvalue weighted by Crippen LogP contribution is 2.31. The smallest absolute Gasteiger partial charge is 0.210 e. The molecule has 2 saturated heterocycles. The minimum absolute atomic E-state index is 0.0166. The van der Waals surface area contributed by atoms with Gasteiger partial charge in [-0.05, 0) is 12.5 Å². The number of aryl methyl sites for hydroxylation is 1. The van der Waals surface area contributed by atoms with Crippen LogP contribution in [0.1, 0.15) is 16.8 Å². The van der Waals surface area contributed by atoms with E-state index in [4.69, 9.17) is 14.2 Å². The summed E-state index contributed by atoms with van der Waals surface area (Å²) in [7, 11) is 0. The van der Waals surface area contributed by atoms with E-state index in [1.807, 2.05) is 31.2 Å². The number of aliphatic imine (C=N–C) groups is 1. The minimum atomic E-state index is -0.798. The molecule has 33 heavy (non-hydrogen) atoms. The lowest BCUT2D eigenvalue weighted by Crippen LogP contribution is -2.39. The first-order valence-corrected chi connectivity index (χ1v) is 11.3. The molecular weight excluding hydrogens is 430 g/mol. The van der Waals surface area contributed by atoms with Crippen molar-refractivity contribution in [2.24, 2.45) is 4.99 Å². The Hall–Kier alpha value is -2.62. The zero-order valence-corrected chi connectivity index (χ0v) is 18.9. The van der Waals surface area contributed by atoms with Gasteiger partial charge in [0.15, 0.2) is 17.4 Å². The first-order valence-electron chi connectivity index (χ1n) is 11.3. The molecular formula is C24H30F2N4O3. The van der Waals surface area contributed by atoms with Gasteiger partial charge in [0.2, 0.25) is 5.82 Å². The number of ether oxygens (including phenoxy) is 3. The second-order valence-corrected chi connectivity index (χ2v) is 8.13. The first kappa shape index (κ1) is 23.5. The van der Waals surface area contributed by atoms with E-state index in [0.717, 1.165) is 24.2 Å². The van der Waals surface area contributed by atoms with Crippen LogP contribution < -0.4 is 9.64 Å². The lowest BCUT2D eigenvalue weighted by molar-refractivity contribution is 0.0317. The van der Waals surface area contributed by atoms with Crippen molar-refractivity contribution in [1.29, 1.82) is 0 Å². The van der Waals surface area contributed by atoms with Gasteiger partial charge in [-0.3, -0.25) is 9.89 Å². The number of pyridine rings is 1. The van der Waals surface area contributed by atoms with Gasteiger partial charge >= 0.3 is 0 Å². The Bertz CT molecular complexity index is 961. The van der Waals surface area contributed by atoms with E-state index in [0.29, 0.717) is 46.1 Å². The largest absolute Gasteiger partial charge is 0.486 e. The van der Waals surface area contributed by atoms with Crippen LogP contribution in [0.2, 0.25) is 0 Å². The van der Waals surface area contributed by atoms with Crippen LogP contribution >= 0.6 is 0 Å². The zero-order chi connectivity index (χ0) is 23.0. The van der Waals surface area contributed by atoms with Crippen LogP contribution in [0.4, 0.5) is 14.6 Å². The number of morpholine rings is 2. The molecule has 0 unspecified atom stereocenters. The van der Waals surface area contributed by atoms with E-state index in [1.165, 1.54) is 0 Å². The average Bonchev–Trinajstić information content (AvgIpc) is 2.84. The number of halogens is 2. The van der Waals surface area contributed by atoms with Gasteiger partial charge in [0.05, 0.1) is 33.0 Å². The van der Waals surface area contributed by atoms with E-state index < -0.39 is 11.6 Å². The van der Waals surface area contributed by atoms with E-state index in [-0.39, 0.29) is 30.4 Å². The predicted octanol–water partition coefficient (Wildman–Crippen LogP) is 2.83. The summed E-state index contributed by atoms with van der Waals surface area (Å²) >= 11 is 0. The lowest BCUT2D eigenvalue weighted by atomic mass is 10.1. The van der Waals surface area contributed by atoms with Crippen LogP contribution in [-0.4, -0.2) is 81.9 Å². The molecule has 0 bridgehead atoms. The maximum atomic E-state index is 15.3. The summed E-state index contributed by atoms with van der Waals surface area (Å²) in [5.41, 5.74) is 2.08. The van der Waals surface area contributed by atoms with Gasteiger partial charge in [0.25, 0.3) is 0 Å². The number of nitrogens with zero attached hydrogens (tertiary/aromatic N) is 4. The van der Waals surface area contributed by atoms with Crippen molar-refractivity contribution >= 4 is 12.0 Å². The van der Waals surface area contributed by atoms with Crippen LogP contribution in [0.3, 0.4) is 0 Å². The molecule has 0 spiro atoms. The molecule has 9 heteroatoms. The highest BCUT2D eigenvalue weighted by molar-refractivity contribution is 5.79. The molecule has 1 aromatic heterocycles. The lowest BCUT2D eigenvalue weighted by Gasteiger charge is -2.29. The van der Waals surface area contributed by atoms with Crippen molar-refractivity contribution < 1.29 is 23.0 Å². The molecule has 1 aromatic carbocycles. The van der Waals surface area contributed by atoms with Gasteiger partial charge < -0.3 is 19.1 Å². The third-order valence-corrected chi connectivity index (χ3v) is 5.68. The Morgan fingerprint density at radius 3 is 2.52 bits per heavy atom. The number of anilines is 1. The molecule has 2 aliphatic rings. The molecule has 0 radical (unpaired) electrons. The quantitative estimate of drug-likeness (QED) is 0.565. The van der Waals surface area contributed by atoms with Crippen LogP contribution in [0.25, 0.3) is 0 Å². The van der Waals surface area contributed by atoms with E-state index in [2.05, 4.69) is 14.9 Å². The SMILES string of the molecule is Cc1cccc(C=NCc2nc(N3CCOCC3)c(F)c(OCCN3CCOCC3)c2F)c1. The van der Waals surface area contributed by atoms with Gasteiger partial charge in [0, 0.05) is 38.9 Å². The average molecular weight is 461 g/mol. The molecule has 178 valence electrons. The molecule has 0 aliphatic carbocycles. The molecule has 0 atom stereocenters. The number of rotatable bonds is 8. The molecule has 0 amide bonds. The molecule has 3 heterocycles. The number of hydrogen-bond acceptors (Lipinski definition) is 7. The van der Waals surface area contributed by atoms with Crippen molar-refractivity contribution in [3.05, 3.63) is 52.7 Å². The topological polar surface area (TPSA) is 59.4 Å². The summed E-state index contributed by atoms with van der Waals surface area (Å²) in [5, 5.41) is 0. The molecule has 0 N–H and O–H groups in total. The summed E-state index contributed by atoms with van der Waals surface area (Å²) < 4.78 is 46.9. The third kappa shape index (κ3) is 6.25. The highest BCUT2D eigenvalue weighted by atomic mass is 19.1. The summed E-state index contributed by atoms with van der Waals surface area (Å²) in [6, 6.07) is 7.83. The molecule has 2 aliphatic heterocycles. The summed E-state index contributed by atoms with van der Waals surface area (Å²) in [5.74, 6) is -1.88. The van der Waals surface area contributed by atoms with Gasteiger partial charge in [-0.25, -0.2) is 9.37 Å². The number of aromatic nitrogens is 1. The second kappa shape index (κ2) is 11.5. The Balaban J connectivity index is 1.54. The van der Waals surface area contributed by atoms with Crippen LogP contribution in [0.5, 0.6) is 5.75 Å².